The fourth-order valence-electron chi connectivity index (χ4n) is 2.27. The number of carbonyl (C=O) groups excluding carboxylic acids is 2. The number of rotatable bonds is 6. The van der Waals surface area contributed by atoms with Crippen LogP contribution in [0.5, 0.6) is 0 Å². The Morgan fingerprint density at radius 3 is 2.23 bits per heavy atom. The molecule has 0 heterocycles. The van der Waals surface area contributed by atoms with E-state index in [2.05, 4.69) is 5.32 Å². The molecule has 2 rings (SSSR count). The number of anilines is 1. The number of carbonyl (C=O) groups is 2. The SMILES string of the molecule is CC(=O)Nc1ccc(COC(=O)OC(c2ccccc2)C(C)[NH-])cc1.[Ac]. The van der Waals surface area contributed by atoms with Gasteiger partial charge in [-0.2, -0.15) is 0 Å². The van der Waals surface area contributed by atoms with Crippen molar-refractivity contribution in [3.63, 3.8) is 0 Å². The van der Waals surface area contributed by atoms with Crippen LogP contribution in [0.1, 0.15) is 31.1 Å². The van der Waals surface area contributed by atoms with E-state index in [0.717, 1.165) is 11.1 Å². The Hall–Kier alpha value is -1.42. The first-order valence-electron chi connectivity index (χ1n) is 7.91. The van der Waals surface area contributed by atoms with Crippen molar-refractivity contribution in [1.82, 2.24) is 0 Å². The average Bonchev–Trinajstić information content (AvgIpc) is 2.59. The smallest absolute Gasteiger partial charge is 0.509 e. The van der Waals surface area contributed by atoms with E-state index in [1.54, 1.807) is 31.2 Å². The summed E-state index contributed by atoms with van der Waals surface area (Å²) < 4.78 is 10.4. The summed E-state index contributed by atoms with van der Waals surface area (Å²) in [7, 11) is 0. The van der Waals surface area contributed by atoms with Gasteiger partial charge in [0.1, 0.15) is 12.7 Å². The van der Waals surface area contributed by atoms with Gasteiger partial charge in [-0.15, -0.1) is 0 Å². The first kappa shape index (κ1) is 22.6. The number of benzene rings is 2. The molecule has 1 radical (unpaired) electrons. The minimum atomic E-state index is -0.820. The summed E-state index contributed by atoms with van der Waals surface area (Å²) in [6, 6.07) is 15.5. The number of ether oxygens (including phenoxy) is 2. The zero-order chi connectivity index (χ0) is 18.2. The van der Waals surface area contributed by atoms with Gasteiger partial charge in [-0.1, -0.05) is 55.4 Å². The standard InChI is InChI=1S/C19H21N2O4.Ac/c1-13(20)18(16-6-4-3-5-7-16)25-19(23)24-12-15-8-10-17(11-9-15)21-14(2)22;/h3-11,13,18,20H,12H2,1-2H3,(H,21,22);/q-1;. The molecule has 26 heavy (non-hydrogen) atoms. The summed E-state index contributed by atoms with van der Waals surface area (Å²) in [5.41, 5.74) is 10.1. The molecule has 2 unspecified atom stereocenters. The number of nitrogens with one attached hydrogen (secondary N) is 2. The van der Waals surface area contributed by atoms with Crippen LogP contribution in [0.4, 0.5) is 10.5 Å². The summed E-state index contributed by atoms with van der Waals surface area (Å²) >= 11 is 0. The molecule has 0 spiro atoms. The topological polar surface area (TPSA) is 88.4 Å². The van der Waals surface area contributed by atoms with Crippen LogP contribution in [-0.2, 0) is 20.9 Å². The second kappa shape index (κ2) is 11.3. The van der Waals surface area contributed by atoms with Gasteiger partial charge in [0.25, 0.3) is 0 Å². The zero-order valence-corrected chi connectivity index (χ0v) is 19.5. The summed E-state index contributed by atoms with van der Waals surface area (Å²) in [6.07, 6.45) is -1.50. The van der Waals surface area contributed by atoms with E-state index in [1.807, 2.05) is 30.3 Å². The molecule has 0 saturated heterocycles. The van der Waals surface area contributed by atoms with Crippen LogP contribution in [0.25, 0.3) is 5.73 Å². The van der Waals surface area contributed by atoms with E-state index < -0.39 is 18.3 Å². The third-order valence-corrected chi connectivity index (χ3v) is 3.44. The minimum Gasteiger partial charge on any atom is -0.672 e. The van der Waals surface area contributed by atoms with E-state index in [1.165, 1.54) is 6.92 Å². The van der Waals surface area contributed by atoms with Crippen LogP contribution < -0.4 is 5.32 Å². The van der Waals surface area contributed by atoms with Crippen molar-refractivity contribution in [2.24, 2.45) is 0 Å². The van der Waals surface area contributed by atoms with Crippen LogP contribution in [0.15, 0.2) is 54.6 Å². The van der Waals surface area contributed by atoms with Gasteiger partial charge in [-0.25, -0.2) is 4.79 Å². The molecule has 2 aromatic rings. The maximum Gasteiger partial charge on any atom is 0.509 e. The second-order valence-corrected chi connectivity index (χ2v) is 5.65. The van der Waals surface area contributed by atoms with Crippen LogP contribution in [0, 0.1) is 44.1 Å². The average molecular weight is 568 g/mol. The van der Waals surface area contributed by atoms with Crippen molar-refractivity contribution >= 4 is 17.7 Å². The molecule has 6 nitrogen and oxygen atoms in total. The quantitative estimate of drug-likeness (QED) is 0.521. The van der Waals surface area contributed by atoms with Gasteiger partial charge in [0.05, 0.1) is 0 Å². The Bertz CT molecular complexity index is 705. The first-order chi connectivity index (χ1) is 12.0. The second-order valence-electron chi connectivity index (χ2n) is 5.65. The van der Waals surface area contributed by atoms with Crippen molar-refractivity contribution in [1.29, 1.82) is 0 Å². The van der Waals surface area contributed by atoms with Gasteiger partial charge in [-0.05, 0) is 23.3 Å². The van der Waals surface area contributed by atoms with Gasteiger partial charge in [0.2, 0.25) is 5.91 Å². The Labute approximate surface area is 189 Å². The number of hydrogen-bond acceptors (Lipinski definition) is 4. The first-order valence-corrected chi connectivity index (χ1v) is 7.91. The molecule has 135 valence electrons. The molecule has 0 saturated carbocycles. The molecule has 0 aliphatic rings. The van der Waals surface area contributed by atoms with E-state index >= 15 is 0 Å². The molecular weight excluding hydrogens is 547 g/mol. The van der Waals surface area contributed by atoms with Gasteiger partial charge < -0.3 is 20.5 Å². The van der Waals surface area contributed by atoms with Crippen LogP contribution in [-0.4, -0.2) is 18.1 Å². The fourth-order valence-corrected chi connectivity index (χ4v) is 2.27. The van der Waals surface area contributed by atoms with Crippen LogP contribution in [0.3, 0.4) is 0 Å². The summed E-state index contributed by atoms with van der Waals surface area (Å²) in [4.78, 5) is 22.9. The summed E-state index contributed by atoms with van der Waals surface area (Å²) in [6.45, 7) is 3.14. The largest absolute Gasteiger partial charge is 0.672 e. The Balaban J connectivity index is 0.00000338. The molecule has 2 aromatic carbocycles. The maximum absolute atomic E-state index is 11.9. The molecule has 1 amide bonds. The summed E-state index contributed by atoms with van der Waals surface area (Å²) in [5.74, 6) is -0.149. The van der Waals surface area contributed by atoms with Crippen molar-refractivity contribution < 1.29 is 63.1 Å². The Morgan fingerprint density at radius 2 is 1.69 bits per heavy atom. The van der Waals surface area contributed by atoms with E-state index in [-0.39, 0.29) is 56.6 Å². The molecule has 0 bridgehead atoms. The molecule has 2 N–H and O–H groups in total. The molecule has 0 aromatic heterocycles. The predicted octanol–water partition coefficient (Wildman–Crippen LogP) is 4.48. The van der Waals surface area contributed by atoms with Crippen molar-refractivity contribution in [2.45, 2.75) is 32.6 Å². The summed E-state index contributed by atoms with van der Waals surface area (Å²) in [5, 5.41) is 2.66. The van der Waals surface area contributed by atoms with Crippen molar-refractivity contribution in [3.05, 3.63) is 71.5 Å². The van der Waals surface area contributed by atoms with Gasteiger partial charge in [0.15, 0.2) is 0 Å². The monoisotopic (exact) mass is 568 g/mol. The molecule has 7 heteroatoms. The fraction of sp³-hybridized carbons (Fsp3) is 0.263. The predicted molar refractivity (Wildman–Crippen MR) is 95.0 cm³/mol. The third kappa shape index (κ3) is 7.45. The van der Waals surface area contributed by atoms with Crippen LogP contribution in [0.2, 0.25) is 0 Å². The van der Waals surface area contributed by atoms with Crippen LogP contribution >= 0.6 is 0 Å². The Kier molecular flexibility index (Phi) is 9.86. The van der Waals surface area contributed by atoms with Gasteiger partial charge in [-0.3, -0.25) is 4.79 Å². The number of amides is 1. The third-order valence-electron chi connectivity index (χ3n) is 3.44. The minimum absolute atomic E-state index is 0. The molecule has 2 atom stereocenters. The van der Waals surface area contributed by atoms with Crippen molar-refractivity contribution in [3.8, 4) is 0 Å². The van der Waals surface area contributed by atoms with E-state index in [9.17, 15) is 9.59 Å². The Morgan fingerprint density at radius 1 is 1.08 bits per heavy atom. The van der Waals surface area contributed by atoms with Gasteiger partial charge in [0, 0.05) is 56.7 Å². The molecule has 0 aliphatic carbocycles. The zero-order valence-electron chi connectivity index (χ0n) is 14.8. The van der Waals surface area contributed by atoms with Crippen molar-refractivity contribution in [2.75, 3.05) is 5.32 Å². The molecule has 0 aliphatic heterocycles. The molecular formula is C19H21AcN2O4-. The molecule has 0 fully saturated rings. The van der Waals surface area contributed by atoms with E-state index in [0.29, 0.717) is 5.69 Å². The number of hydrogen-bond donors (Lipinski definition) is 1. The van der Waals surface area contributed by atoms with E-state index in [4.69, 9.17) is 15.2 Å². The maximum atomic E-state index is 11.9. The normalized spacial score (nSPS) is 12.3. The van der Waals surface area contributed by atoms with Gasteiger partial charge >= 0.3 is 6.16 Å².